The van der Waals surface area contributed by atoms with Gasteiger partial charge in [-0.2, -0.15) is 0 Å². The van der Waals surface area contributed by atoms with Crippen LogP contribution in [0.4, 0.5) is 0 Å². The Morgan fingerprint density at radius 3 is 2.62 bits per heavy atom. The van der Waals surface area contributed by atoms with Gasteiger partial charge in [-0.15, -0.1) is 0 Å². The van der Waals surface area contributed by atoms with E-state index in [1.165, 1.54) is 5.56 Å². The molecule has 0 aliphatic carbocycles. The number of halogens is 1. The lowest BCUT2D eigenvalue weighted by Gasteiger charge is -2.31. The van der Waals surface area contributed by atoms with Gasteiger partial charge in [0.15, 0.2) is 0 Å². The van der Waals surface area contributed by atoms with Gasteiger partial charge < -0.3 is 4.90 Å². The van der Waals surface area contributed by atoms with Gasteiger partial charge in [-0.1, -0.05) is 60.0 Å². The van der Waals surface area contributed by atoms with Gasteiger partial charge in [-0.05, 0) is 42.0 Å². The Bertz CT molecular complexity index is 743. The molecule has 24 heavy (non-hydrogen) atoms. The predicted octanol–water partition coefficient (Wildman–Crippen LogP) is 4.29. The molecule has 1 saturated heterocycles. The fraction of sp³-hybridized carbons (Fsp3) is 0.286. The third-order valence-corrected chi connectivity index (χ3v) is 4.63. The molecule has 122 valence electrons. The zero-order valence-corrected chi connectivity index (χ0v) is 14.3. The fourth-order valence-electron chi connectivity index (χ4n) is 3.07. The average molecular weight is 338 g/mol. The highest BCUT2D eigenvalue weighted by atomic mass is 35.5. The largest absolute Gasteiger partial charge is 0.331 e. The summed E-state index contributed by atoms with van der Waals surface area (Å²) in [6.07, 6.45) is 2.73. The topological polar surface area (TPSA) is 20.3 Å². The second kappa shape index (κ2) is 8.04. The molecule has 0 radical (unpaired) electrons. The van der Waals surface area contributed by atoms with Crippen molar-refractivity contribution < 1.29 is 4.79 Å². The normalized spacial score (nSPS) is 17.0. The molecule has 1 unspecified atom stereocenters. The molecule has 1 atom stereocenters. The molecule has 1 amide bonds. The van der Waals surface area contributed by atoms with Gasteiger partial charge in [-0.3, -0.25) is 4.79 Å². The van der Waals surface area contributed by atoms with Gasteiger partial charge in [0, 0.05) is 30.5 Å². The van der Waals surface area contributed by atoms with E-state index in [2.05, 4.69) is 24.0 Å². The van der Waals surface area contributed by atoms with E-state index in [0.717, 1.165) is 36.5 Å². The monoisotopic (exact) mass is 337 g/mol. The maximum absolute atomic E-state index is 12.4. The Morgan fingerprint density at radius 2 is 1.88 bits per heavy atom. The molecule has 2 nitrogen and oxygen atoms in total. The Balaban J connectivity index is 1.60. The van der Waals surface area contributed by atoms with Crippen molar-refractivity contribution in [1.29, 1.82) is 0 Å². The standard InChI is InChI=1S/C21H20ClNO/c22-20-13-11-18(12-14-20)19-9-5-15-23(16-19)21(24)10-4-8-17-6-2-1-3-7-17/h1-3,6-7,11-14,19H,5,8-9,15-16H2. The van der Waals surface area contributed by atoms with Gasteiger partial charge in [0.05, 0.1) is 0 Å². The smallest absolute Gasteiger partial charge is 0.298 e. The highest BCUT2D eigenvalue weighted by Gasteiger charge is 2.23. The summed E-state index contributed by atoms with van der Waals surface area (Å²) in [5, 5.41) is 0.745. The zero-order valence-electron chi connectivity index (χ0n) is 13.5. The van der Waals surface area contributed by atoms with E-state index in [1.807, 2.05) is 47.4 Å². The van der Waals surface area contributed by atoms with E-state index in [1.54, 1.807) is 0 Å². The van der Waals surface area contributed by atoms with Crippen LogP contribution in [0.5, 0.6) is 0 Å². The summed E-state index contributed by atoms with van der Waals surface area (Å²) in [5.74, 6) is 6.11. The summed E-state index contributed by atoms with van der Waals surface area (Å²) in [4.78, 5) is 14.2. The van der Waals surface area contributed by atoms with Crippen molar-refractivity contribution in [3.8, 4) is 11.8 Å². The number of hydrogen-bond acceptors (Lipinski definition) is 1. The first kappa shape index (κ1) is 16.6. The highest BCUT2D eigenvalue weighted by Crippen LogP contribution is 2.27. The molecule has 0 saturated carbocycles. The van der Waals surface area contributed by atoms with E-state index >= 15 is 0 Å². The second-order valence-electron chi connectivity index (χ2n) is 6.11. The van der Waals surface area contributed by atoms with Crippen LogP contribution in [0.1, 0.15) is 29.9 Å². The summed E-state index contributed by atoms with van der Waals surface area (Å²) in [6.45, 7) is 1.53. The minimum Gasteiger partial charge on any atom is -0.331 e. The number of nitrogens with zero attached hydrogens (tertiary/aromatic N) is 1. The first-order valence-electron chi connectivity index (χ1n) is 8.29. The van der Waals surface area contributed by atoms with E-state index < -0.39 is 0 Å². The van der Waals surface area contributed by atoms with Gasteiger partial charge in [0.2, 0.25) is 0 Å². The third-order valence-electron chi connectivity index (χ3n) is 4.38. The molecule has 0 bridgehead atoms. The number of carbonyl (C=O) groups excluding carboxylic acids is 1. The van der Waals surface area contributed by atoms with Crippen LogP contribution in [-0.2, 0) is 11.2 Å². The molecular formula is C21H20ClNO. The fourth-order valence-corrected chi connectivity index (χ4v) is 3.19. The van der Waals surface area contributed by atoms with Crippen molar-refractivity contribution >= 4 is 17.5 Å². The number of benzene rings is 2. The number of hydrogen-bond donors (Lipinski definition) is 0. The Hall–Kier alpha value is -2.24. The maximum atomic E-state index is 12.4. The van der Waals surface area contributed by atoms with Gasteiger partial charge in [0.25, 0.3) is 5.91 Å². The van der Waals surface area contributed by atoms with Crippen LogP contribution < -0.4 is 0 Å². The first-order chi connectivity index (χ1) is 11.7. The van der Waals surface area contributed by atoms with Crippen molar-refractivity contribution in [2.75, 3.05) is 13.1 Å². The van der Waals surface area contributed by atoms with Crippen molar-refractivity contribution in [2.24, 2.45) is 0 Å². The summed E-state index contributed by atoms with van der Waals surface area (Å²) < 4.78 is 0. The molecule has 0 aromatic heterocycles. The number of likely N-dealkylation sites (tertiary alicyclic amines) is 1. The Labute approximate surface area is 148 Å². The van der Waals surface area contributed by atoms with E-state index in [4.69, 9.17) is 11.6 Å². The van der Waals surface area contributed by atoms with E-state index in [-0.39, 0.29) is 5.91 Å². The van der Waals surface area contributed by atoms with Crippen molar-refractivity contribution in [1.82, 2.24) is 4.90 Å². The molecule has 1 aliphatic rings. The molecule has 0 spiro atoms. The lowest BCUT2D eigenvalue weighted by Crippen LogP contribution is -2.38. The highest BCUT2D eigenvalue weighted by molar-refractivity contribution is 6.30. The number of amides is 1. The van der Waals surface area contributed by atoms with Gasteiger partial charge in [0.1, 0.15) is 0 Å². The van der Waals surface area contributed by atoms with E-state index in [9.17, 15) is 4.79 Å². The summed E-state index contributed by atoms with van der Waals surface area (Å²) in [7, 11) is 0. The van der Waals surface area contributed by atoms with E-state index in [0.29, 0.717) is 12.3 Å². The van der Waals surface area contributed by atoms with Crippen LogP contribution in [-0.4, -0.2) is 23.9 Å². The molecule has 3 heteroatoms. The lowest BCUT2D eigenvalue weighted by atomic mass is 9.90. The second-order valence-corrected chi connectivity index (χ2v) is 6.54. The quantitative estimate of drug-likeness (QED) is 0.748. The molecule has 2 aromatic rings. The average Bonchev–Trinajstić information content (AvgIpc) is 2.63. The maximum Gasteiger partial charge on any atom is 0.298 e. The summed E-state index contributed by atoms with van der Waals surface area (Å²) in [6, 6.07) is 17.9. The van der Waals surface area contributed by atoms with Crippen LogP contribution in [0.3, 0.4) is 0 Å². The molecule has 3 rings (SSSR count). The van der Waals surface area contributed by atoms with Gasteiger partial charge >= 0.3 is 0 Å². The van der Waals surface area contributed by atoms with Crippen LogP contribution in [0, 0.1) is 11.8 Å². The molecule has 1 fully saturated rings. The lowest BCUT2D eigenvalue weighted by molar-refractivity contribution is -0.126. The van der Waals surface area contributed by atoms with Crippen LogP contribution in [0.2, 0.25) is 5.02 Å². The van der Waals surface area contributed by atoms with Crippen LogP contribution in [0.25, 0.3) is 0 Å². The molecule has 2 aromatic carbocycles. The SMILES string of the molecule is O=C(C#CCc1ccccc1)N1CCCC(c2ccc(Cl)cc2)C1. The molecule has 0 N–H and O–H groups in total. The zero-order chi connectivity index (χ0) is 16.8. The van der Waals surface area contributed by atoms with Crippen molar-refractivity contribution in [2.45, 2.75) is 25.2 Å². The van der Waals surface area contributed by atoms with Crippen LogP contribution >= 0.6 is 11.6 Å². The Kier molecular flexibility index (Phi) is 5.56. The van der Waals surface area contributed by atoms with Gasteiger partial charge in [-0.25, -0.2) is 0 Å². The van der Waals surface area contributed by atoms with Crippen molar-refractivity contribution in [3.63, 3.8) is 0 Å². The van der Waals surface area contributed by atoms with Crippen molar-refractivity contribution in [3.05, 3.63) is 70.7 Å². The minimum absolute atomic E-state index is 0.0652. The number of rotatable bonds is 2. The summed E-state index contributed by atoms with van der Waals surface area (Å²) in [5.41, 5.74) is 2.38. The molecular weight excluding hydrogens is 318 g/mol. The minimum atomic E-state index is -0.0652. The molecule has 1 aliphatic heterocycles. The van der Waals surface area contributed by atoms with Crippen LogP contribution in [0.15, 0.2) is 54.6 Å². The predicted molar refractivity (Wildman–Crippen MR) is 97.9 cm³/mol. The number of carbonyl (C=O) groups is 1. The molecule has 1 heterocycles. The third kappa shape index (κ3) is 4.40. The number of piperidine rings is 1. The first-order valence-corrected chi connectivity index (χ1v) is 8.67. The summed E-state index contributed by atoms with van der Waals surface area (Å²) >= 11 is 5.95. The Morgan fingerprint density at radius 1 is 1.12 bits per heavy atom.